The summed E-state index contributed by atoms with van der Waals surface area (Å²) in [5.41, 5.74) is 4.42. The number of amides is 1. The van der Waals surface area contributed by atoms with Crippen LogP contribution in [0.3, 0.4) is 0 Å². The Kier molecular flexibility index (Phi) is 2.14. The highest BCUT2D eigenvalue weighted by Crippen LogP contribution is 1.97. The molecule has 0 aliphatic heterocycles. The van der Waals surface area contributed by atoms with Gasteiger partial charge in [0.2, 0.25) is 11.3 Å². The normalized spacial score (nSPS) is 9.67. The molecule has 0 unspecified atom stereocenters. The van der Waals surface area contributed by atoms with E-state index in [1.54, 1.807) is 0 Å². The van der Waals surface area contributed by atoms with Gasteiger partial charge in [0, 0.05) is 12.3 Å². The first-order chi connectivity index (χ1) is 5.59. The second kappa shape index (κ2) is 3.08. The predicted molar refractivity (Wildman–Crippen MR) is 41.6 cm³/mol. The summed E-state index contributed by atoms with van der Waals surface area (Å²) in [5, 5.41) is 8.93. The molecule has 1 amide bonds. The molecule has 12 heavy (non-hydrogen) atoms. The molecule has 0 saturated heterocycles. The first-order valence-electron chi connectivity index (χ1n) is 3.27. The van der Waals surface area contributed by atoms with Crippen LogP contribution in [-0.4, -0.2) is 15.6 Å². The second-order valence-electron chi connectivity index (χ2n) is 2.33. The molecule has 1 aromatic rings. The average molecular weight is 168 g/mol. The Hall–Kier alpha value is -1.78. The molecule has 0 bridgehead atoms. The lowest BCUT2D eigenvalue weighted by Gasteiger charge is -2.01. The van der Waals surface area contributed by atoms with E-state index in [0.29, 0.717) is 0 Å². The van der Waals surface area contributed by atoms with Crippen LogP contribution in [0.5, 0.6) is 5.75 Å². The number of pyridine rings is 1. The van der Waals surface area contributed by atoms with Crippen molar-refractivity contribution >= 4 is 5.91 Å². The zero-order valence-electron chi connectivity index (χ0n) is 6.23. The van der Waals surface area contributed by atoms with Gasteiger partial charge in [-0.3, -0.25) is 9.59 Å². The molecule has 0 aromatic carbocycles. The molecule has 0 saturated carbocycles. The maximum atomic E-state index is 10.7. The highest BCUT2D eigenvalue weighted by Gasteiger charge is 1.98. The number of rotatable bonds is 2. The molecule has 1 aromatic heterocycles. The molecular formula is C7H8N2O3. The number of primary amides is 1. The molecule has 0 spiro atoms. The quantitative estimate of drug-likeness (QED) is 0.596. The zero-order chi connectivity index (χ0) is 9.14. The van der Waals surface area contributed by atoms with E-state index in [-0.39, 0.29) is 6.54 Å². The molecule has 0 aliphatic rings. The van der Waals surface area contributed by atoms with Gasteiger partial charge in [-0.15, -0.1) is 0 Å². The Morgan fingerprint density at radius 2 is 2.33 bits per heavy atom. The van der Waals surface area contributed by atoms with E-state index >= 15 is 0 Å². The van der Waals surface area contributed by atoms with E-state index in [4.69, 9.17) is 10.8 Å². The van der Waals surface area contributed by atoms with E-state index in [1.165, 1.54) is 10.8 Å². The van der Waals surface area contributed by atoms with Crippen LogP contribution in [0.4, 0.5) is 0 Å². The maximum Gasteiger partial charge on any atom is 0.237 e. The third-order valence-corrected chi connectivity index (χ3v) is 1.30. The van der Waals surface area contributed by atoms with Gasteiger partial charge in [-0.05, 0) is 0 Å². The fraction of sp³-hybridized carbons (Fsp3) is 0.143. The molecule has 0 atom stereocenters. The van der Waals surface area contributed by atoms with Crippen molar-refractivity contribution in [2.75, 3.05) is 0 Å². The van der Waals surface area contributed by atoms with Crippen LogP contribution in [0.25, 0.3) is 0 Å². The summed E-state index contributed by atoms with van der Waals surface area (Å²) in [6.07, 6.45) is 2.54. The number of carbonyl (C=O) groups is 1. The Morgan fingerprint density at radius 1 is 1.67 bits per heavy atom. The van der Waals surface area contributed by atoms with Crippen LogP contribution in [-0.2, 0) is 11.3 Å². The van der Waals surface area contributed by atoms with Gasteiger partial charge in [0.1, 0.15) is 6.54 Å². The Bertz CT molecular complexity index is 356. The van der Waals surface area contributed by atoms with Crippen LogP contribution in [0, 0.1) is 0 Å². The SMILES string of the molecule is NC(=O)Cn1ccc(=O)c(O)c1. The van der Waals surface area contributed by atoms with Gasteiger partial charge < -0.3 is 15.4 Å². The van der Waals surface area contributed by atoms with Crippen LogP contribution < -0.4 is 11.2 Å². The molecule has 0 radical (unpaired) electrons. The Labute approximate surface area is 68.0 Å². The minimum atomic E-state index is -0.530. The third kappa shape index (κ3) is 1.85. The van der Waals surface area contributed by atoms with E-state index in [0.717, 1.165) is 12.3 Å². The molecule has 64 valence electrons. The highest BCUT2D eigenvalue weighted by atomic mass is 16.3. The molecular weight excluding hydrogens is 160 g/mol. The van der Waals surface area contributed by atoms with Gasteiger partial charge >= 0.3 is 0 Å². The van der Waals surface area contributed by atoms with Crippen molar-refractivity contribution in [1.82, 2.24) is 4.57 Å². The largest absolute Gasteiger partial charge is 0.503 e. The van der Waals surface area contributed by atoms with Gasteiger partial charge in [-0.25, -0.2) is 0 Å². The minimum Gasteiger partial charge on any atom is -0.503 e. The molecule has 5 nitrogen and oxygen atoms in total. The lowest BCUT2D eigenvalue weighted by atomic mass is 10.4. The summed E-state index contributed by atoms with van der Waals surface area (Å²) >= 11 is 0. The summed E-state index contributed by atoms with van der Waals surface area (Å²) in [5.74, 6) is -0.920. The van der Waals surface area contributed by atoms with E-state index in [1.807, 2.05) is 0 Å². The van der Waals surface area contributed by atoms with Crippen molar-refractivity contribution in [2.45, 2.75) is 6.54 Å². The smallest absolute Gasteiger partial charge is 0.237 e. The molecule has 0 aliphatic carbocycles. The maximum absolute atomic E-state index is 10.7. The molecule has 1 heterocycles. The van der Waals surface area contributed by atoms with Crippen LogP contribution in [0.2, 0.25) is 0 Å². The van der Waals surface area contributed by atoms with Crippen molar-refractivity contribution in [2.24, 2.45) is 5.73 Å². The van der Waals surface area contributed by atoms with E-state index in [9.17, 15) is 9.59 Å². The summed E-state index contributed by atoms with van der Waals surface area (Å²) in [6, 6.07) is 1.16. The number of carbonyl (C=O) groups excluding carboxylic acids is 1. The Morgan fingerprint density at radius 3 is 2.83 bits per heavy atom. The number of nitrogens with zero attached hydrogens (tertiary/aromatic N) is 1. The van der Waals surface area contributed by atoms with E-state index in [2.05, 4.69) is 0 Å². The standard InChI is InChI=1S/C7H8N2O3/c8-7(12)4-9-2-1-5(10)6(11)3-9/h1-3,11H,4H2,(H2,8,12). The monoisotopic (exact) mass is 168 g/mol. The minimum absolute atomic E-state index is 0.0478. The lowest BCUT2D eigenvalue weighted by Crippen LogP contribution is -2.19. The van der Waals surface area contributed by atoms with Crippen LogP contribution >= 0.6 is 0 Å². The number of nitrogens with two attached hydrogens (primary N) is 1. The van der Waals surface area contributed by atoms with Crippen molar-refractivity contribution in [1.29, 1.82) is 0 Å². The number of hydrogen-bond donors (Lipinski definition) is 2. The van der Waals surface area contributed by atoms with Crippen molar-refractivity contribution < 1.29 is 9.90 Å². The van der Waals surface area contributed by atoms with Crippen molar-refractivity contribution in [3.8, 4) is 5.75 Å². The number of aromatic hydroxyl groups is 1. The van der Waals surface area contributed by atoms with Gasteiger partial charge in [-0.1, -0.05) is 0 Å². The first-order valence-corrected chi connectivity index (χ1v) is 3.27. The number of aromatic nitrogens is 1. The summed E-state index contributed by atoms with van der Waals surface area (Å²) < 4.78 is 1.33. The van der Waals surface area contributed by atoms with Crippen molar-refractivity contribution in [3.05, 3.63) is 28.7 Å². The Balaban J connectivity index is 2.97. The molecule has 0 fully saturated rings. The van der Waals surface area contributed by atoms with Gasteiger partial charge in [0.05, 0.1) is 6.20 Å². The lowest BCUT2D eigenvalue weighted by molar-refractivity contribution is -0.118. The predicted octanol–water partition coefficient (Wildman–Crippen LogP) is -0.961. The van der Waals surface area contributed by atoms with Crippen molar-refractivity contribution in [3.63, 3.8) is 0 Å². The third-order valence-electron chi connectivity index (χ3n) is 1.30. The van der Waals surface area contributed by atoms with E-state index < -0.39 is 17.1 Å². The molecule has 5 heteroatoms. The number of hydrogen-bond acceptors (Lipinski definition) is 3. The topological polar surface area (TPSA) is 85.3 Å². The average Bonchev–Trinajstić information content (AvgIpc) is 1.96. The summed E-state index contributed by atoms with van der Waals surface area (Å²) in [4.78, 5) is 21.1. The molecule has 3 N–H and O–H groups in total. The zero-order valence-corrected chi connectivity index (χ0v) is 6.23. The molecule has 1 rings (SSSR count). The fourth-order valence-corrected chi connectivity index (χ4v) is 0.791. The fourth-order valence-electron chi connectivity index (χ4n) is 0.791. The summed E-state index contributed by atoms with van der Waals surface area (Å²) in [7, 11) is 0. The van der Waals surface area contributed by atoms with Crippen LogP contribution in [0.15, 0.2) is 23.3 Å². The van der Waals surface area contributed by atoms with Gasteiger partial charge in [-0.2, -0.15) is 0 Å². The second-order valence-corrected chi connectivity index (χ2v) is 2.33. The first kappa shape index (κ1) is 8.32. The van der Waals surface area contributed by atoms with Gasteiger partial charge in [0.15, 0.2) is 5.75 Å². The summed E-state index contributed by atoms with van der Waals surface area (Å²) in [6.45, 7) is -0.0478. The van der Waals surface area contributed by atoms with Gasteiger partial charge in [0.25, 0.3) is 0 Å². The highest BCUT2D eigenvalue weighted by molar-refractivity contribution is 5.73. The van der Waals surface area contributed by atoms with Crippen LogP contribution in [0.1, 0.15) is 0 Å².